The van der Waals surface area contributed by atoms with E-state index in [9.17, 15) is 12.8 Å². The van der Waals surface area contributed by atoms with E-state index in [0.717, 1.165) is 10.4 Å². The molecule has 0 aliphatic heterocycles. The fraction of sp³-hybridized carbons (Fsp3) is 0.500. The first-order valence-corrected chi connectivity index (χ1v) is 7.54. The van der Waals surface area contributed by atoms with Crippen LogP contribution >= 0.6 is 24.0 Å². The maximum absolute atomic E-state index is 13.7. The maximum Gasteiger partial charge on any atom is 0.247 e. The maximum atomic E-state index is 13.7. The summed E-state index contributed by atoms with van der Waals surface area (Å²) in [6.07, 6.45) is 0. The van der Waals surface area contributed by atoms with Gasteiger partial charge in [0.05, 0.1) is 5.02 Å². The lowest BCUT2D eigenvalue weighted by Gasteiger charge is -2.28. The molecule has 1 aromatic carbocycles. The molecular weight excluding hydrogens is 326 g/mol. The molecule has 0 unspecified atom stereocenters. The molecule has 1 rings (SSSR count). The first-order valence-electron chi connectivity index (χ1n) is 5.72. The molecule has 0 fully saturated rings. The lowest BCUT2D eigenvalue weighted by atomic mass is 9.94. The highest BCUT2D eigenvalue weighted by atomic mass is 35.5. The molecule has 0 aliphatic carbocycles. The summed E-state index contributed by atoms with van der Waals surface area (Å²) in [7, 11) is -2.59. The first-order chi connectivity index (χ1) is 8.62. The van der Waals surface area contributed by atoms with Crippen molar-refractivity contribution >= 4 is 34.0 Å². The number of nitrogens with two attached hydrogens (primary N) is 1. The summed E-state index contributed by atoms with van der Waals surface area (Å²) in [5.74, 6) is -0.857. The van der Waals surface area contributed by atoms with Gasteiger partial charge in [-0.1, -0.05) is 31.5 Å². The van der Waals surface area contributed by atoms with Gasteiger partial charge in [-0.25, -0.2) is 17.1 Å². The van der Waals surface area contributed by atoms with Gasteiger partial charge in [0.2, 0.25) is 10.0 Å². The third-order valence-electron chi connectivity index (χ3n) is 2.79. The van der Waals surface area contributed by atoms with Crippen molar-refractivity contribution in [1.82, 2.24) is 4.31 Å². The lowest BCUT2D eigenvalue weighted by molar-refractivity contribution is 0.291. The fourth-order valence-corrected chi connectivity index (χ4v) is 3.55. The zero-order valence-corrected chi connectivity index (χ0v) is 13.9. The largest absolute Gasteiger partial charge is 0.330 e. The third kappa shape index (κ3) is 4.30. The van der Waals surface area contributed by atoms with E-state index >= 15 is 0 Å². The van der Waals surface area contributed by atoms with Crippen LogP contribution in [0.1, 0.15) is 13.8 Å². The van der Waals surface area contributed by atoms with Gasteiger partial charge in [-0.15, -0.1) is 12.4 Å². The smallest absolute Gasteiger partial charge is 0.247 e. The second-order valence-corrected chi connectivity index (χ2v) is 7.57. The molecule has 0 spiro atoms. The molecule has 0 atom stereocenters. The normalized spacial score (nSPS) is 12.3. The average molecular weight is 345 g/mol. The van der Waals surface area contributed by atoms with Crippen molar-refractivity contribution in [1.29, 1.82) is 0 Å². The van der Waals surface area contributed by atoms with Crippen molar-refractivity contribution in [2.24, 2.45) is 11.1 Å². The molecule has 8 heteroatoms. The Labute approximate surface area is 130 Å². The number of sulfonamides is 1. The Morgan fingerprint density at radius 2 is 1.95 bits per heavy atom. The van der Waals surface area contributed by atoms with Gasteiger partial charge in [-0.3, -0.25) is 0 Å². The SMILES string of the molecule is CN(CC(C)(C)CN)S(=O)(=O)c1c(F)cccc1Cl.Cl. The van der Waals surface area contributed by atoms with Gasteiger partial charge in [0.25, 0.3) is 0 Å². The van der Waals surface area contributed by atoms with Crippen molar-refractivity contribution in [2.75, 3.05) is 20.1 Å². The molecule has 0 amide bonds. The van der Waals surface area contributed by atoms with Gasteiger partial charge in [0.1, 0.15) is 10.7 Å². The van der Waals surface area contributed by atoms with Crippen LogP contribution in [0.5, 0.6) is 0 Å². The van der Waals surface area contributed by atoms with Gasteiger partial charge in [-0.2, -0.15) is 0 Å². The van der Waals surface area contributed by atoms with Crippen molar-refractivity contribution in [3.8, 4) is 0 Å². The van der Waals surface area contributed by atoms with E-state index in [1.165, 1.54) is 19.2 Å². The van der Waals surface area contributed by atoms with E-state index < -0.39 is 26.2 Å². The van der Waals surface area contributed by atoms with E-state index in [4.69, 9.17) is 17.3 Å². The zero-order valence-electron chi connectivity index (χ0n) is 11.6. The summed E-state index contributed by atoms with van der Waals surface area (Å²) in [5.41, 5.74) is 5.17. The van der Waals surface area contributed by atoms with Crippen LogP contribution in [0.4, 0.5) is 4.39 Å². The molecule has 20 heavy (non-hydrogen) atoms. The monoisotopic (exact) mass is 344 g/mol. The summed E-state index contributed by atoms with van der Waals surface area (Å²) < 4.78 is 39.4. The quantitative estimate of drug-likeness (QED) is 0.892. The highest BCUT2D eigenvalue weighted by Gasteiger charge is 2.30. The van der Waals surface area contributed by atoms with E-state index in [1.807, 2.05) is 13.8 Å². The second kappa shape index (κ2) is 7.04. The van der Waals surface area contributed by atoms with Crippen molar-refractivity contribution in [3.05, 3.63) is 29.0 Å². The molecule has 0 saturated heterocycles. The molecule has 1 aromatic rings. The molecule has 0 radical (unpaired) electrons. The topological polar surface area (TPSA) is 63.4 Å². The van der Waals surface area contributed by atoms with Crippen LogP contribution in [-0.4, -0.2) is 32.9 Å². The van der Waals surface area contributed by atoms with Crippen molar-refractivity contribution < 1.29 is 12.8 Å². The van der Waals surface area contributed by atoms with E-state index in [-0.39, 0.29) is 24.0 Å². The highest BCUT2D eigenvalue weighted by Crippen LogP contribution is 2.28. The third-order valence-corrected chi connectivity index (χ3v) is 5.10. The van der Waals surface area contributed by atoms with Crippen LogP contribution in [0.3, 0.4) is 0 Å². The van der Waals surface area contributed by atoms with Crippen LogP contribution in [0.15, 0.2) is 23.1 Å². The van der Waals surface area contributed by atoms with E-state index in [0.29, 0.717) is 6.54 Å². The Morgan fingerprint density at radius 1 is 1.40 bits per heavy atom. The summed E-state index contributed by atoms with van der Waals surface area (Å²) in [6.45, 7) is 4.16. The Hall–Kier alpha value is -0.400. The highest BCUT2D eigenvalue weighted by molar-refractivity contribution is 7.89. The number of rotatable bonds is 5. The Balaban J connectivity index is 0.00000361. The predicted molar refractivity (Wildman–Crippen MR) is 81.3 cm³/mol. The summed E-state index contributed by atoms with van der Waals surface area (Å²) in [5, 5.41) is -0.127. The molecule has 0 saturated carbocycles. The molecule has 0 aromatic heterocycles. The van der Waals surface area contributed by atoms with Crippen molar-refractivity contribution in [3.63, 3.8) is 0 Å². The predicted octanol–water partition coefficient (Wildman–Crippen LogP) is 2.51. The lowest BCUT2D eigenvalue weighted by Crippen LogP contribution is -2.40. The van der Waals surface area contributed by atoms with Gasteiger partial charge < -0.3 is 5.73 Å². The molecule has 116 valence electrons. The molecule has 0 heterocycles. The van der Waals surface area contributed by atoms with Gasteiger partial charge in [-0.05, 0) is 24.1 Å². The van der Waals surface area contributed by atoms with Crippen LogP contribution in [-0.2, 0) is 10.0 Å². The van der Waals surface area contributed by atoms with E-state index in [2.05, 4.69) is 0 Å². The molecule has 4 nitrogen and oxygen atoms in total. The minimum atomic E-state index is -3.97. The van der Waals surface area contributed by atoms with Crippen LogP contribution in [0.25, 0.3) is 0 Å². The Morgan fingerprint density at radius 3 is 2.40 bits per heavy atom. The number of halogens is 3. The van der Waals surface area contributed by atoms with Gasteiger partial charge in [0.15, 0.2) is 0 Å². The van der Waals surface area contributed by atoms with Gasteiger partial charge in [0, 0.05) is 13.6 Å². The summed E-state index contributed by atoms with van der Waals surface area (Å²) in [4.78, 5) is -0.494. The van der Waals surface area contributed by atoms with Crippen LogP contribution in [0.2, 0.25) is 5.02 Å². The molecule has 2 N–H and O–H groups in total. The minimum absolute atomic E-state index is 0. The average Bonchev–Trinajstić information content (AvgIpc) is 2.27. The number of nitrogens with zero attached hydrogens (tertiary/aromatic N) is 1. The number of hydrogen-bond donors (Lipinski definition) is 1. The minimum Gasteiger partial charge on any atom is -0.330 e. The fourth-order valence-electron chi connectivity index (χ4n) is 1.64. The second-order valence-electron chi connectivity index (χ2n) is 5.18. The summed E-state index contributed by atoms with van der Waals surface area (Å²) >= 11 is 5.79. The van der Waals surface area contributed by atoms with E-state index in [1.54, 1.807) is 0 Å². The molecule has 0 aliphatic rings. The molecule has 0 bridgehead atoms. The zero-order chi connectivity index (χ0) is 14.8. The van der Waals surface area contributed by atoms with Crippen molar-refractivity contribution in [2.45, 2.75) is 18.7 Å². The summed E-state index contributed by atoms with van der Waals surface area (Å²) in [6, 6.07) is 3.78. The van der Waals surface area contributed by atoms with Crippen LogP contribution in [0, 0.1) is 11.2 Å². The number of hydrogen-bond acceptors (Lipinski definition) is 3. The van der Waals surface area contributed by atoms with Crippen LogP contribution < -0.4 is 5.73 Å². The standard InChI is InChI=1S/C12H18ClFN2O2S.ClH/c1-12(2,7-15)8-16(3)19(17,18)11-9(13)5-4-6-10(11)14;/h4-6H,7-8,15H2,1-3H3;1H. The molecular formula is C12H19Cl2FN2O2S. The number of benzene rings is 1. The van der Waals surface area contributed by atoms with Gasteiger partial charge >= 0.3 is 0 Å². The Bertz CT molecular complexity index is 544. The Kier molecular flexibility index (Phi) is 6.90. The first kappa shape index (κ1) is 19.6.